The molecule has 5 N–H and O–H groups in total. The van der Waals surface area contributed by atoms with Gasteiger partial charge in [-0.1, -0.05) is 0 Å². The third-order valence-corrected chi connectivity index (χ3v) is 6.26. The Labute approximate surface area is 213 Å². The minimum Gasteiger partial charge on any atom is -0.422 e. The lowest BCUT2D eigenvalue weighted by molar-refractivity contribution is -0.384. The number of hydrogen-bond donors (Lipinski definition) is 3. The molecule has 15 heteroatoms. The number of sulfonamides is 1. The molecule has 0 aliphatic carbocycles. The highest BCUT2D eigenvalue weighted by Gasteiger charge is 2.16. The van der Waals surface area contributed by atoms with Crippen molar-refractivity contribution in [3.05, 3.63) is 98.9 Å². The Morgan fingerprint density at radius 2 is 1.55 bits per heavy atom. The van der Waals surface area contributed by atoms with E-state index >= 15 is 0 Å². The number of carbonyl (C=O) groups is 1. The Bertz CT molecular complexity index is 1780. The SMILES string of the molecule is NC(N)=NS(=O)(=O)c1ccc(NC(=O)c2cc3cc(N=Nc4ccc([N+](=O)[O-])cc4)ccc3oc2=O)cc1. The average Bonchev–Trinajstić information content (AvgIpc) is 2.87. The van der Waals surface area contributed by atoms with Crippen molar-refractivity contribution >= 4 is 55.6 Å². The molecule has 0 aliphatic rings. The molecule has 0 saturated heterocycles. The average molecular weight is 535 g/mol. The minimum atomic E-state index is -4.10. The largest absolute Gasteiger partial charge is 0.422 e. The van der Waals surface area contributed by atoms with Gasteiger partial charge in [0.1, 0.15) is 11.1 Å². The quantitative estimate of drug-likeness (QED) is 0.0786. The molecule has 0 aliphatic heterocycles. The summed E-state index contributed by atoms with van der Waals surface area (Å²) in [7, 11) is -4.10. The third kappa shape index (κ3) is 5.85. The Morgan fingerprint density at radius 3 is 2.18 bits per heavy atom. The van der Waals surface area contributed by atoms with Gasteiger partial charge in [0.05, 0.1) is 21.2 Å². The number of anilines is 1. The normalized spacial score (nSPS) is 11.4. The number of benzene rings is 3. The molecule has 1 amide bonds. The molecule has 1 heterocycles. The Morgan fingerprint density at radius 1 is 0.921 bits per heavy atom. The highest BCUT2D eigenvalue weighted by atomic mass is 32.2. The van der Waals surface area contributed by atoms with Crippen LogP contribution in [-0.4, -0.2) is 25.2 Å². The first-order chi connectivity index (χ1) is 18.0. The second-order valence-corrected chi connectivity index (χ2v) is 9.22. The lowest BCUT2D eigenvalue weighted by Gasteiger charge is -2.06. The van der Waals surface area contributed by atoms with Gasteiger partial charge in [0.2, 0.25) is 5.96 Å². The number of nitro benzene ring substituents is 1. The van der Waals surface area contributed by atoms with Crippen molar-refractivity contribution in [2.45, 2.75) is 4.90 Å². The number of carbonyl (C=O) groups excluding carboxylic acids is 1. The van der Waals surface area contributed by atoms with E-state index in [0.717, 1.165) is 0 Å². The van der Waals surface area contributed by atoms with Crippen LogP contribution < -0.4 is 22.4 Å². The fourth-order valence-electron chi connectivity index (χ4n) is 3.19. The Kier molecular flexibility index (Phi) is 6.93. The fraction of sp³-hybridized carbons (Fsp3) is 0. The number of rotatable bonds is 7. The van der Waals surface area contributed by atoms with Crippen LogP contribution in [0.25, 0.3) is 11.0 Å². The van der Waals surface area contributed by atoms with Crippen LogP contribution in [-0.2, 0) is 10.0 Å². The zero-order valence-corrected chi connectivity index (χ0v) is 20.0. The van der Waals surface area contributed by atoms with Gasteiger partial charge in [-0.3, -0.25) is 14.9 Å². The second kappa shape index (κ2) is 10.3. The van der Waals surface area contributed by atoms with E-state index in [1.165, 1.54) is 72.8 Å². The van der Waals surface area contributed by atoms with Crippen LogP contribution in [0.5, 0.6) is 0 Å². The van der Waals surface area contributed by atoms with Crippen LogP contribution in [0.3, 0.4) is 0 Å². The standard InChI is InChI=1S/C23H17N7O7S/c24-23(25)29-38(35,36)18-8-3-14(4-9-18)26-21(31)19-12-13-11-16(5-10-20(13)37-22(19)32)28-27-15-1-6-17(7-2-15)30(33)34/h1-12H,(H,26,31)(H4,24,25,29). The molecular formula is C23H17N7O7S. The molecule has 192 valence electrons. The predicted molar refractivity (Wildman–Crippen MR) is 137 cm³/mol. The fourth-order valence-corrected chi connectivity index (χ4v) is 4.05. The minimum absolute atomic E-state index is 0.0811. The van der Waals surface area contributed by atoms with Crippen LogP contribution in [0.2, 0.25) is 0 Å². The zero-order valence-electron chi connectivity index (χ0n) is 19.1. The molecule has 0 unspecified atom stereocenters. The number of amides is 1. The number of non-ortho nitro benzene ring substituents is 1. The second-order valence-electron chi connectivity index (χ2n) is 7.61. The summed E-state index contributed by atoms with van der Waals surface area (Å²) in [6, 6.07) is 16.3. The molecule has 0 bridgehead atoms. The van der Waals surface area contributed by atoms with Gasteiger partial charge in [-0.2, -0.15) is 18.6 Å². The van der Waals surface area contributed by atoms with E-state index < -0.39 is 32.4 Å². The highest BCUT2D eigenvalue weighted by Crippen LogP contribution is 2.25. The van der Waals surface area contributed by atoms with Gasteiger partial charge < -0.3 is 21.2 Å². The smallest absolute Gasteiger partial charge is 0.349 e. The maximum absolute atomic E-state index is 12.7. The van der Waals surface area contributed by atoms with Crippen molar-refractivity contribution in [2.75, 3.05) is 5.32 Å². The molecule has 14 nitrogen and oxygen atoms in total. The lowest BCUT2D eigenvalue weighted by Crippen LogP contribution is -2.24. The van der Waals surface area contributed by atoms with Crippen LogP contribution in [0.4, 0.5) is 22.7 Å². The molecule has 4 aromatic rings. The first-order valence-corrected chi connectivity index (χ1v) is 12.0. The molecular weight excluding hydrogens is 518 g/mol. The molecule has 0 radical (unpaired) electrons. The number of nitrogens with zero attached hydrogens (tertiary/aromatic N) is 4. The van der Waals surface area contributed by atoms with Crippen molar-refractivity contribution in [3.63, 3.8) is 0 Å². The number of fused-ring (bicyclic) bond motifs is 1. The van der Waals surface area contributed by atoms with Gasteiger partial charge in [-0.25, -0.2) is 4.79 Å². The van der Waals surface area contributed by atoms with Crippen LogP contribution in [0.15, 0.2) is 102 Å². The highest BCUT2D eigenvalue weighted by molar-refractivity contribution is 7.90. The molecule has 3 aromatic carbocycles. The topological polar surface area (TPSA) is 226 Å². The summed E-state index contributed by atoms with van der Waals surface area (Å²) in [5.41, 5.74) is 10.1. The number of guanidine groups is 1. The summed E-state index contributed by atoms with van der Waals surface area (Å²) in [4.78, 5) is 35.2. The van der Waals surface area contributed by atoms with E-state index in [4.69, 9.17) is 15.9 Å². The van der Waals surface area contributed by atoms with Gasteiger partial charge in [0.25, 0.3) is 21.6 Å². The van der Waals surface area contributed by atoms with Crippen molar-refractivity contribution in [1.82, 2.24) is 0 Å². The molecule has 1 aromatic heterocycles. The van der Waals surface area contributed by atoms with Gasteiger partial charge in [-0.05, 0) is 60.7 Å². The van der Waals surface area contributed by atoms with E-state index in [1.54, 1.807) is 0 Å². The maximum Gasteiger partial charge on any atom is 0.349 e. The van der Waals surface area contributed by atoms with E-state index in [1.807, 2.05) is 0 Å². The van der Waals surface area contributed by atoms with Gasteiger partial charge in [-0.15, -0.1) is 4.40 Å². The number of nitrogens with two attached hydrogens (primary N) is 2. The van der Waals surface area contributed by atoms with Gasteiger partial charge in [0, 0.05) is 23.2 Å². The Hall–Kier alpha value is -5.44. The van der Waals surface area contributed by atoms with Crippen LogP contribution in [0, 0.1) is 10.1 Å². The summed E-state index contributed by atoms with van der Waals surface area (Å²) in [5.74, 6) is -1.42. The van der Waals surface area contributed by atoms with Crippen molar-refractivity contribution < 1.29 is 22.6 Å². The van der Waals surface area contributed by atoms with Crippen molar-refractivity contribution in [2.24, 2.45) is 26.1 Å². The van der Waals surface area contributed by atoms with E-state index in [-0.39, 0.29) is 27.4 Å². The summed E-state index contributed by atoms with van der Waals surface area (Å²) < 4.78 is 32.5. The van der Waals surface area contributed by atoms with Gasteiger partial charge in [0.15, 0.2) is 0 Å². The van der Waals surface area contributed by atoms with Crippen LogP contribution in [0.1, 0.15) is 10.4 Å². The summed E-state index contributed by atoms with van der Waals surface area (Å²) in [5, 5.41) is 21.7. The molecule has 4 rings (SSSR count). The number of hydrogen-bond acceptors (Lipinski definition) is 9. The predicted octanol–water partition coefficient (Wildman–Crippen LogP) is 3.33. The zero-order chi connectivity index (χ0) is 27.4. The molecule has 0 saturated carbocycles. The number of nitro groups is 1. The first-order valence-electron chi connectivity index (χ1n) is 10.5. The monoisotopic (exact) mass is 535 g/mol. The first kappa shape index (κ1) is 25.6. The van der Waals surface area contributed by atoms with Crippen molar-refractivity contribution in [1.29, 1.82) is 0 Å². The molecule has 0 fully saturated rings. The summed E-state index contributed by atoms with van der Waals surface area (Å²) >= 11 is 0. The number of azo groups is 1. The maximum atomic E-state index is 12.7. The Balaban J connectivity index is 1.55. The van der Waals surface area contributed by atoms with Crippen LogP contribution >= 0.6 is 0 Å². The summed E-state index contributed by atoms with van der Waals surface area (Å²) in [6.45, 7) is 0. The third-order valence-electron chi connectivity index (χ3n) is 4.94. The summed E-state index contributed by atoms with van der Waals surface area (Å²) in [6.07, 6.45) is 0. The van der Waals surface area contributed by atoms with Gasteiger partial charge >= 0.3 is 5.63 Å². The molecule has 38 heavy (non-hydrogen) atoms. The molecule has 0 atom stereocenters. The molecule has 0 spiro atoms. The lowest BCUT2D eigenvalue weighted by atomic mass is 10.1. The number of nitrogens with one attached hydrogen (secondary N) is 1. The van der Waals surface area contributed by atoms with E-state index in [0.29, 0.717) is 16.8 Å². The van der Waals surface area contributed by atoms with E-state index in [9.17, 15) is 28.1 Å². The van der Waals surface area contributed by atoms with E-state index in [2.05, 4.69) is 19.9 Å². The van der Waals surface area contributed by atoms with Crippen molar-refractivity contribution in [3.8, 4) is 0 Å².